The van der Waals surface area contributed by atoms with E-state index in [9.17, 15) is 23.3 Å². The summed E-state index contributed by atoms with van der Waals surface area (Å²) in [5.74, 6) is -0.153. The number of nitro groups is 1. The number of piperidine rings is 1. The number of aryl methyl sites for hydroxylation is 2. The highest BCUT2D eigenvalue weighted by atomic mass is 32.2. The lowest BCUT2D eigenvalue weighted by Crippen LogP contribution is -2.44. The molecule has 2 rings (SSSR count). The summed E-state index contributed by atoms with van der Waals surface area (Å²) in [4.78, 5) is 24.7. The van der Waals surface area contributed by atoms with E-state index in [2.05, 4.69) is 0 Å². The van der Waals surface area contributed by atoms with E-state index in [1.54, 1.807) is 18.7 Å². The molecule has 0 aliphatic carbocycles. The highest BCUT2D eigenvalue weighted by molar-refractivity contribution is 7.89. The van der Waals surface area contributed by atoms with Crippen LogP contribution < -0.4 is 0 Å². The zero-order valence-electron chi connectivity index (χ0n) is 16.3. The number of sulfonamides is 1. The minimum absolute atomic E-state index is 0.0502. The Balaban J connectivity index is 2.24. The van der Waals surface area contributed by atoms with E-state index in [1.807, 2.05) is 13.8 Å². The predicted octanol–water partition coefficient (Wildman–Crippen LogP) is 2.48. The molecule has 9 heteroatoms. The number of nitro benzene ring substituents is 1. The Morgan fingerprint density at radius 3 is 2.19 bits per heavy atom. The largest absolute Gasteiger partial charge is 0.343 e. The van der Waals surface area contributed by atoms with Crippen LogP contribution in [0.4, 0.5) is 5.69 Å². The lowest BCUT2D eigenvalue weighted by Gasteiger charge is -2.33. The smallest absolute Gasteiger partial charge is 0.289 e. The van der Waals surface area contributed by atoms with E-state index in [0.717, 1.165) is 0 Å². The third kappa shape index (κ3) is 4.30. The van der Waals surface area contributed by atoms with Crippen molar-refractivity contribution >= 4 is 21.6 Å². The minimum Gasteiger partial charge on any atom is -0.343 e. The molecule has 8 nitrogen and oxygen atoms in total. The standard InChI is InChI=1S/C18H27N3O5S/c1-5-19(6-2)18(22)15-7-9-20(10-8-15)27(25,26)17-12-14(4)13(3)11-16(17)21(23)24/h11-12,15H,5-10H2,1-4H3. The number of hydrogen-bond donors (Lipinski definition) is 0. The molecule has 0 unspecified atom stereocenters. The highest BCUT2D eigenvalue weighted by Crippen LogP contribution is 2.32. The summed E-state index contributed by atoms with van der Waals surface area (Å²) in [5, 5.41) is 11.4. The molecule has 27 heavy (non-hydrogen) atoms. The number of rotatable bonds is 6. The fraction of sp³-hybridized carbons (Fsp3) is 0.611. The Morgan fingerprint density at radius 2 is 1.70 bits per heavy atom. The molecule has 1 aromatic carbocycles. The molecule has 0 saturated carbocycles. The van der Waals surface area contributed by atoms with Gasteiger partial charge in [0.15, 0.2) is 4.90 Å². The van der Waals surface area contributed by atoms with Gasteiger partial charge in [-0.25, -0.2) is 8.42 Å². The second-order valence-electron chi connectivity index (χ2n) is 6.85. The quantitative estimate of drug-likeness (QED) is 0.542. The maximum atomic E-state index is 13.0. The maximum Gasteiger partial charge on any atom is 0.289 e. The summed E-state index contributed by atoms with van der Waals surface area (Å²) in [6, 6.07) is 2.68. The molecule has 1 fully saturated rings. The normalized spacial score (nSPS) is 16.3. The molecule has 1 aliphatic heterocycles. The third-order valence-electron chi connectivity index (χ3n) is 5.27. The Morgan fingerprint density at radius 1 is 1.19 bits per heavy atom. The van der Waals surface area contributed by atoms with E-state index in [1.165, 1.54) is 16.4 Å². The van der Waals surface area contributed by atoms with Gasteiger partial charge in [0.2, 0.25) is 15.9 Å². The van der Waals surface area contributed by atoms with Crippen molar-refractivity contribution in [3.05, 3.63) is 33.4 Å². The van der Waals surface area contributed by atoms with Crippen LogP contribution in [0, 0.1) is 29.9 Å². The van der Waals surface area contributed by atoms with Gasteiger partial charge in [-0.2, -0.15) is 4.31 Å². The molecule has 150 valence electrons. The maximum absolute atomic E-state index is 13.0. The minimum atomic E-state index is -3.99. The second kappa shape index (κ2) is 8.35. The van der Waals surface area contributed by atoms with Gasteiger partial charge in [-0.05, 0) is 57.7 Å². The van der Waals surface area contributed by atoms with Crippen LogP contribution in [0.25, 0.3) is 0 Å². The molecule has 0 radical (unpaired) electrons. The van der Waals surface area contributed by atoms with Crippen molar-refractivity contribution in [2.75, 3.05) is 26.2 Å². The van der Waals surface area contributed by atoms with Crippen molar-refractivity contribution in [2.24, 2.45) is 5.92 Å². The summed E-state index contributed by atoms with van der Waals surface area (Å²) in [6.45, 7) is 8.90. The molecule has 1 heterocycles. The van der Waals surface area contributed by atoms with E-state index in [4.69, 9.17) is 0 Å². The van der Waals surface area contributed by atoms with Crippen molar-refractivity contribution in [3.63, 3.8) is 0 Å². The van der Waals surface area contributed by atoms with Gasteiger partial charge < -0.3 is 4.90 Å². The molecular weight excluding hydrogens is 370 g/mol. The fourth-order valence-corrected chi connectivity index (χ4v) is 5.09. The van der Waals surface area contributed by atoms with Crippen molar-refractivity contribution in [2.45, 2.75) is 45.4 Å². The van der Waals surface area contributed by atoms with Gasteiger partial charge in [-0.15, -0.1) is 0 Å². The molecule has 0 atom stereocenters. The topological polar surface area (TPSA) is 101 Å². The molecule has 1 saturated heterocycles. The lowest BCUT2D eigenvalue weighted by molar-refractivity contribution is -0.387. The molecule has 0 N–H and O–H groups in total. The summed E-state index contributed by atoms with van der Waals surface area (Å²) in [5.41, 5.74) is 0.953. The first-order valence-corrected chi connectivity index (χ1v) is 10.6. The average Bonchev–Trinajstić information content (AvgIpc) is 2.64. The van der Waals surface area contributed by atoms with Crippen LogP contribution in [-0.4, -0.2) is 54.6 Å². The van der Waals surface area contributed by atoms with Gasteiger partial charge in [0.05, 0.1) is 4.92 Å². The van der Waals surface area contributed by atoms with Crippen LogP contribution in [0.2, 0.25) is 0 Å². The van der Waals surface area contributed by atoms with E-state index in [0.29, 0.717) is 37.1 Å². The molecular formula is C18H27N3O5S. The highest BCUT2D eigenvalue weighted by Gasteiger charge is 2.36. The van der Waals surface area contributed by atoms with Crippen molar-refractivity contribution in [3.8, 4) is 0 Å². The molecule has 0 spiro atoms. The predicted molar refractivity (Wildman–Crippen MR) is 102 cm³/mol. The zero-order chi connectivity index (χ0) is 20.4. The third-order valence-corrected chi connectivity index (χ3v) is 7.20. The van der Waals surface area contributed by atoms with Gasteiger partial charge in [0, 0.05) is 38.2 Å². The van der Waals surface area contributed by atoms with Gasteiger partial charge in [0.25, 0.3) is 5.69 Å². The Kier molecular flexibility index (Phi) is 6.59. The summed E-state index contributed by atoms with van der Waals surface area (Å²) >= 11 is 0. The number of carbonyl (C=O) groups is 1. The van der Waals surface area contributed by atoms with Crippen molar-refractivity contribution < 1.29 is 18.1 Å². The van der Waals surface area contributed by atoms with Gasteiger partial charge >= 0.3 is 0 Å². The zero-order valence-corrected chi connectivity index (χ0v) is 17.1. The van der Waals surface area contributed by atoms with Crippen LogP contribution in [0.5, 0.6) is 0 Å². The lowest BCUT2D eigenvalue weighted by atomic mass is 9.96. The van der Waals surface area contributed by atoms with E-state index in [-0.39, 0.29) is 29.8 Å². The van der Waals surface area contributed by atoms with Gasteiger partial charge in [0.1, 0.15) is 0 Å². The fourth-order valence-electron chi connectivity index (χ4n) is 3.40. The summed E-state index contributed by atoms with van der Waals surface area (Å²) < 4.78 is 27.3. The first-order chi connectivity index (χ1) is 12.6. The van der Waals surface area contributed by atoms with E-state index >= 15 is 0 Å². The molecule has 0 aromatic heterocycles. The van der Waals surface area contributed by atoms with Crippen LogP contribution >= 0.6 is 0 Å². The first kappa shape index (κ1) is 21.3. The van der Waals surface area contributed by atoms with Crippen LogP contribution in [0.3, 0.4) is 0 Å². The van der Waals surface area contributed by atoms with Gasteiger partial charge in [-0.3, -0.25) is 14.9 Å². The van der Waals surface area contributed by atoms with E-state index < -0.39 is 20.6 Å². The average molecular weight is 397 g/mol. The van der Waals surface area contributed by atoms with Crippen LogP contribution in [-0.2, 0) is 14.8 Å². The summed E-state index contributed by atoms with van der Waals surface area (Å²) in [6.07, 6.45) is 0.848. The number of benzene rings is 1. The first-order valence-electron chi connectivity index (χ1n) is 9.18. The molecule has 1 amide bonds. The second-order valence-corrected chi connectivity index (χ2v) is 8.76. The summed E-state index contributed by atoms with van der Waals surface area (Å²) in [7, 11) is -3.99. The molecule has 1 aliphatic rings. The Hall–Kier alpha value is -2.00. The Bertz CT molecular complexity index is 826. The SMILES string of the molecule is CCN(CC)C(=O)C1CCN(S(=O)(=O)c2cc(C)c(C)cc2[N+](=O)[O-])CC1. The van der Waals surface area contributed by atoms with Gasteiger partial charge in [-0.1, -0.05) is 0 Å². The Labute approximate surface area is 160 Å². The van der Waals surface area contributed by atoms with Crippen LogP contribution in [0.15, 0.2) is 17.0 Å². The molecule has 0 bridgehead atoms. The number of hydrogen-bond acceptors (Lipinski definition) is 5. The van der Waals surface area contributed by atoms with Crippen LogP contribution in [0.1, 0.15) is 37.8 Å². The molecule has 1 aromatic rings. The number of nitrogens with zero attached hydrogens (tertiary/aromatic N) is 3. The van der Waals surface area contributed by atoms with Crippen molar-refractivity contribution in [1.82, 2.24) is 9.21 Å². The number of carbonyl (C=O) groups excluding carboxylic acids is 1. The number of amides is 1. The van der Waals surface area contributed by atoms with Crippen molar-refractivity contribution in [1.29, 1.82) is 0 Å². The monoisotopic (exact) mass is 397 g/mol.